The molecule has 0 saturated carbocycles. The van der Waals surface area contributed by atoms with Crippen molar-refractivity contribution < 1.29 is 14.3 Å². The van der Waals surface area contributed by atoms with Crippen LogP contribution in [-0.4, -0.2) is 24.2 Å². The van der Waals surface area contributed by atoms with Crippen molar-refractivity contribution in [2.75, 3.05) is 12.4 Å². The molecule has 1 heterocycles. The van der Waals surface area contributed by atoms with Crippen LogP contribution in [0.2, 0.25) is 5.02 Å². The van der Waals surface area contributed by atoms with E-state index in [4.69, 9.17) is 16.3 Å². The Labute approximate surface area is 143 Å². The molecule has 0 aliphatic carbocycles. The predicted octanol–water partition coefficient (Wildman–Crippen LogP) is 2.97. The molecular weight excluding hydrogens is 336 g/mol. The van der Waals surface area contributed by atoms with Crippen molar-refractivity contribution in [1.29, 1.82) is 5.26 Å². The van der Waals surface area contributed by atoms with Gasteiger partial charge in [-0.05, 0) is 18.6 Å². The number of esters is 1. The van der Waals surface area contributed by atoms with Gasteiger partial charge in [0.2, 0.25) is 5.91 Å². The molecule has 1 aliphatic heterocycles. The molecule has 0 bridgehead atoms. The van der Waals surface area contributed by atoms with Gasteiger partial charge < -0.3 is 10.1 Å². The zero-order valence-electron chi connectivity index (χ0n) is 12.5. The fourth-order valence-corrected chi connectivity index (χ4v) is 3.43. The number of benzene rings is 1. The summed E-state index contributed by atoms with van der Waals surface area (Å²) in [4.78, 5) is 23.5. The van der Waals surface area contributed by atoms with Crippen molar-refractivity contribution in [2.45, 2.75) is 19.3 Å². The van der Waals surface area contributed by atoms with Crippen LogP contribution in [0.3, 0.4) is 0 Å². The Morgan fingerprint density at radius 2 is 2.26 bits per heavy atom. The highest BCUT2D eigenvalue weighted by molar-refractivity contribution is 8.03. The minimum Gasteiger partial charge on any atom is -0.465 e. The van der Waals surface area contributed by atoms with Crippen molar-refractivity contribution in [3.05, 3.63) is 45.5 Å². The standard InChI is InChI=1S/C16H15ClN2O3S/c1-2-22-15(21)9-23-16-12(8-18)11(7-14(20)19-16)10-5-3-4-6-13(10)17/h3-6,11H,2,7,9H2,1H3,(H,19,20)/t11-/m1/s1. The van der Waals surface area contributed by atoms with Crippen LogP contribution in [0, 0.1) is 11.3 Å². The number of carbonyl (C=O) groups excluding carboxylic acids is 2. The largest absolute Gasteiger partial charge is 0.465 e. The number of nitrogens with zero attached hydrogens (tertiary/aromatic N) is 1. The van der Waals surface area contributed by atoms with Crippen LogP contribution in [-0.2, 0) is 14.3 Å². The number of nitriles is 1. The average molecular weight is 351 g/mol. The van der Waals surface area contributed by atoms with Crippen LogP contribution in [0.15, 0.2) is 34.9 Å². The molecule has 1 atom stereocenters. The van der Waals surface area contributed by atoms with Gasteiger partial charge in [-0.1, -0.05) is 41.6 Å². The highest BCUT2D eigenvalue weighted by Gasteiger charge is 2.31. The summed E-state index contributed by atoms with van der Waals surface area (Å²) in [5.41, 5.74) is 1.14. The first-order chi connectivity index (χ1) is 11.1. The summed E-state index contributed by atoms with van der Waals surface area (Å²) in [7, 11) is 0. The molecule has 0 unspecified atom stereocenters. The number of allylic oxidation sites excluding steroid dienone is 1. The number of amides is 1. The Morgan fingerprint density at radius 3 is 2.91 bits per heavy atom. The number of carbonyl (C=O) groups is 2. The van der Waals surface area contributed by atoms with Crippen molar-refractivity contribution in [2.24, 2.45) is 0 Å². The molecule has 0 aromatic heterocycles. The van der Waals surface area contributed by atoms with E-state index in [1.165, 1.54) is 0 Å². The lowest BCUT2D eigenvalue weighted by Gasteiger charge is -2.25. The van der Waals surface area contributed by atoms with Crippen LogP contribution in [0.4, 0.5) is 0 Å². The Bertz CT molecular complexity index is 697. The lowest BCUT2D eigenvalue weighted by atomic mass is 9.87. The lowest BCUT2D eigenvalue weighted by Crippen LogP contribution is -2.31. The molecule has 1 aromatic rings. The van der Waals surface area contributed by atoms with Gasteiger partial charge in [0.25, 0.3) is 0 Å². The quantitative estimate of drug-likeness (QED) is 0.826. The SMILES string of the molecule is CCOC(=O)CSC1=C(C#N)[C@@H](c2ccccc2Cl)CC(=O)N1. The topological polar surface area (TPSA) is 79.2 Å². The highest BCUT2D eigenvalue weighted by atomic mass is 35.5. The van der Waals surface area contributed by atoms with E-state index >= 15 is 0 Å². The average Bonchev–Trinajstić information content (AvgIpc) is 2.53. The summed E-state index contributed by atoms with van der Waals surface area (Å²) in [5, 5.41) is 13.1. The van der Waals surface area contributed by atoms with E-state index in [-0.39, 0.29) is 24.7 Å². The van der Waals surface area contributed by atoms with Crippen LogP contribution in [0.5, 0.6) is 0 Å². The minimum atomic E-state index is -0.410. The second kappa shape index (κ2) is 8.04. The molecule has 0 fully saturated rings. The first kappa shape index (κ1) is 17.4. The normalized spacial score (nSPS) is 17.4. The number of thioether (sulfide) groups is 1. The summed E-state index contributed by atoms with van der Waals surface area (Å²) in [6.07, 6.45) is 0.149. The van der Waals surface area contributed by atoms with E-state index in [1.807, 2.05) is 6.07 Å². The number of ether oxygens (including phenoxy) is 1. The third-order valence-electron chi connectivity index (χ3n) is 3.28. The summed E-state index contributed by atoms with van der Waals surface area (Å²) in [6.45, 7) is 2.01. The predicted molar refractivity (Wildman–Crippen MR) is 88.7 cm³/mol. The van der Waals surface area contributed by atoms with Gasteiger partial charge in [-0.2, -0.15) is 5.26 Å². The van der Waals surface area contributed by atoms with E-state index in [9.17, 15) is 14.9 Å². The second-order valence-electron chi connectivity index (χ2n) is 4.77. The Hall–Kier alpha value is -1.97. The molecule has 0 saturated heterocycles. The maximum absolute atomic E-state index is 12.0. The third-order valence-corrected chi connectivity index (χ3v) is 4.61. The second-order valence-corrected chi connectivity index (χ2v) is 6.17. The lowest BCUT2D eigenvalue weighted by molar-refractivity contribution is -0.139. The van der Waals surface area contributed by atoms with E-state index < -0.39 is 11.9 Å². The Balaban J connectivity index is 2.30. The van der Waals surface area contributed by atoms with Gasteiger partial charge >= 0.3 is 5.97 Å². The first-order valence-corrected chi connectivity index (χ1v) is 8.40. The van der Waals surface area contributed by atoms with E-state index in [0.717, 1.165) is 17.3 Å². The zero-order valence-corrected chi connectivity index (χ0v) is 14.0. The van der Waals surface area contributed by atoms with Gasteiger partial charge in [0.15, 0.2) is 0 Å². The van der Waals surface area contributed by atoms with E-state index in [0.29, 0.717) is 15.6 Å². The highest BCUT2D eigenvalue weighted by Crippen LogP contribution is 2.38. The molecule has 2 rings (SSSR count). The molecule has 0 spiro atoms. The zero-order chi connectivity index (χ0) is 16.8. The molecule has 7 heteroatoms. The molecule has 1 N–H and O–H groups in total. The Kier molecular flexibility index (Phi) is 6.08. The van der Waals surface area contributed by atoms with E-state index in [2.05, 4.69) is 11.4 Å². The fourth-order valence-electron chi connectivity index (χ4n) is 2.29. The minimum absolute atomic E-state index is 0.0316. The van der Waals surface area contributed by atoms with Crippen LogP contribution < -0.4 is 5.32 Å². The number of halogens is 1. The fraction of sp³-hybridized carbons (Fsp3) is 0.312. The van der Waals surface area contributed by atoms with Crippen LogP contribution >= 0.6 is 23.4 Å². The summed E-state index contributed by atoms with van der Waals surface area (Å²) in [6, 6.07) is 9.27. The van der Waals surface area contributed by atoms with Crippen molar-refractivity contribution >= 4 is 35.2 Å². The van der Waals surface area contributed by atoms with Crippen molar-refractivity contribution in [1.82, 2.24) is 5.32 Å². The van der Waals surface area contributed by atoms with Gasteiger partial charge in [0.05, 0.1) is 29.0 Å². The maximum atomic E-state index is 12.0. The van der Waals surface area contributed by atoms with Gasteiger partial charge in [-0.3, -0.25) is 9.59 Å². The molecular formula is C16H15ClN2O3S. The summed E-state index contributed by atoms with van der Waals surface area (Å²) < 4.78 is 4.86. The molecule has 0 radical (unpaired) electrons. The first-order valence-electron chi connectivity index (χ1n) is 7.03. The summed E-state index contributed by atoms with van der Waals surface area (Å²) in [5.74, 6) is -0.979. The van der Waals surface area contributed by atoms with E-state index in [1.54, 1.807) is 25.1 Å². The van der Waals surface area contributed by atoms with Crippen LogP contribution in [0.25, 0.3) is 0 Å². The monoisotopic (exact) mass is 350 g/mol. The van der Waals surface area contributed by atoms with Crippen molar-refractivity contribution in [3.8, 4) is 6.07 Å². The molecule has 1 aromatic carbocycles. The van der Waals surface area contributed by atoms with Gasteiger partial charge in [0, 0.05) is 17.4 Å². The number of hydrogen-bond donors (Lipinski definition) is 1. The smallest absolute Gasteiger partial charge is 0.316 e. The number of nitrogens with one attached hydrogen (secondary N) is 1. The number of rotatable bonds is 5. The molecule has 23 heavy (non-hydrogen) atoms. The molecule has 5 nitrogen and oxygen atoms in total. The summed E-state index contributed by atoms with van der Waals surface area (Å²) >= 11 is 7.29. The van der Waals surface area contributed by atoms with Gasteiger partial charge in [-0.15, -0.1) is 0 Å². The van der Waals surface area contributed by atoms with Crippen molar-refractivity contribution in [3.63, 3.8) is 0 Å². The Morgan fingerprint density at radius 1 is 1.52 bits per heavy atom. The molecule has 1 amide bonds. The molecule has 1 aliphatic rings. The maximum Gasteiger partial charge on any atom is 0.316 e. The van der Waals surface area contributed by atoms with Gasteiger partial charge in [0.1, 0.15) is 0 Å². The van der Waals surface area contributed by atoms with Gasteiger partial charge in [-0.25, -0.2) is 0 Å². The number of hydrogen-bond acceptors (Lipinski definition) is 5. The third kappa shape index (κ3) is 4.27. The van der Waals surface area contributed by atoms with Crippen LogP contribution in [0.1, 0.15) is 24.8 Å². The molecule has 120 valence electrons.